The first-order valence-electron chi connectivity index (χ1n) is 5.60. The average Bonchev–Trinajstić information content (AvgIpc) is 2.95. The number of hydrogen-bond donors (Lipinski definition) is 1. The van der Waals surface area contributed by atoms with Crippen molar-refractivity contribution in [1.82, 2.24) is 24.7 Å². The lowest BCUT2D eigenvalue weighted by molar-refractivity contribution is 0.628. The Bertz CT molecular complexity index is 759. The van der Waals surface area contributed by atoms with Crippen molar-refractivity contribution in [2.75, 3.05) is 5.73 Å². The lowest BCUT2D eigenvalue weighted by atomic mass is 10.2. The largest absolute Gasteiger partial charge is 0.368 e. The second-order valence-corrected chi connectivity index (χ2v) is 4.30. The molecule has 0 amide bonds. The molecular weight excluding hydrogens is 283 g/mol. The molecule has 0 aliphatic carbocycles. The molecule has 8 heteroatoms. The molecule has 20 heavy (non-hydrogen) atoms. The van der Waals surface area contributed by atoms with Gasteiger partial charge >= 0.3 is 0 Å². The van der Waals surface area contributed by atoms with Crippen LogP contribution in [0.2, 0.25) is 5.02 Å². The van der Waals surface area contributed by atoms with E-state index in [2.05, 4.69) is 20.1 Å². The molecule has 2 heterocycles. The van der Waals surface area contributed by atoms with Crippen LogP contribution in [0.5, 0.6) is 0 Å². The Balaban J connectivity index is 2.17. The molecule has 0 fully saturated rings. The molecule has 0 aliphatic heterocycles. The Labute approximate surface area is 118 Å². The number of nitrogens with two attached hydrogens (primary N) is 1. The number of aromatic nitrogens is 5. The maximum absolute atomic E-state index is 13.3. The van der Waals surface area contributed by atoms with Crippen LogP contribution in [0, 0.1) is 5.82 Å². The molecule has 0 bridgehead atoms. The van der Waals surface area contributed by atoms with Crippen molar-refractivity contribution in [2.24, 2.45) is 0 Å². The fourth-order valence-corrected chi connectivity index (χ4v) is 1.86. The number of rotatable bonds is 2. The highest BCUT2D eigenvalue weighted by molar-refractivity contribution is 6.33. The van der Waals surface area contributed by atoms with E-state index in [1.165, 1.54) is 22.9 Å². The number of anilines is 1. The van der Waals surface area contributed by atoms with Crippen LogP contribution in [0.3, 0.4) is 0 Å². The van der Waals surface area contributed by atoms with E-state index in [0.717, 1.165) is 0 Å². The summed E-state index contributed by atoms with van der Waals surface area (Å²) in [5, 5.41) is 4.33. The number of nitrogen functional groups attached to an aromatic ring is 1. The number of halogens is 2. The third-order valence-corrected chi connectivity index (χ3v) is 2.85. The van der Waals surface area contributed by atoms with E-state index in [9.17, 15) is 4.39 Å². The van der Waals surface area contributed by atoms with Gasteiger partial charge in [0.1, 0.15) is 5.82 Å². The monoisotopic (exact) mass is 290 g/mol. The molecule has 0 spiro atoms. The van der Waals surface area contributed by atoms with Crippen molar-refractivity contribution in [3.8, 4) is 17.3 Å². The summed E-state index contributed by atoms with van der Waals surface area (Å²) in [6, 6.07) is 5.64. The first-order chi connectivity index (χ1) is 9.63. The van der Waals surface area contributed by atoms with Crippen molar-refractivity contribution >= 4 is 17.5 Å². The van der Waals surface area contributed by atoms with Gasteiger partial charge in [-0.25, -0.2) is 9.07 Å². The van der Waals surface area contributed by atoms with Crippen LogP contribution in [0.4, 0.5) is 10.3 Å². The molecule has 0 saturated heterocycles. The summed E-state index contributed by atoms with van der Waals surface area (Å²) in [4.78, 5) is 12.1. The fourth-order valence-electron chi connectivity index (χ4n) is 1.66. The third-order valence-electron chi connectivity index (χ3n) is 2.52. The average molecular weight is 291 g/mol. The third kappa shape index (κ3) is 2.30. The quantitative estimate of drug-likeness (QED) is 0.781. The van der Waals surface area contributed by atoms with Gasteiger partial charge in [-0.05, 0) is 24.3 Å². The first kappa shape index (κ1) is 12.5. The van der Waals surface area contributed by atoms with Crippen molar-refractivity contribution < 1.29 is 4.39 Å². The van der Waals surface area contributed by atoms with E-state index in [4.69, 9.17) is 17.3 Å². The van der Waals surface area contributed by atoms with Gasteiger partial charge in [0, 0.05) is 18.0 Å². The Morgan fingerprint density at radius 2 is 2.05 bits per heavy atom. The van der Waals surface area contributed by atoms with Gasteiger partial charge in [0.15, 0.2) is 5.82 Å². The van der Waals surface area contributed by atoms with Gasteiger partial charge in [-0.1, -0.05) is 11.6 Å². The lowest BCUT2D eigenvalue weighted by Crippen LogP contribution is -2.08. The second-order valence-electron chi connectivity index (χ2n) is 3.89. The molecule has 2 N–H and O–H groups in total. The van der Waals surface area contributed by atoms with Gasteiger partial charge in [0.25, 0.3) is 5.95 Å². The van der Waals surface area contributed by atoms with Gasteiger partial charge in [-0.2, -0.15) is 20.1 Å². The van der Waals surface area contributed by atoms with E-state index >= 15 is 0 Å². The topological polar surface area (TPSA) is 82.5 Å². The Kier molecular flexibility index (Phi) is 3.03. The van der Waals surface area contributed by atoms with E-state index in [0.29, 0.717) is 10.6 Å². The second kappa shape index (κ2) is 4.86. The minimum Gasteiger partial charge on any atom is -0.368 e. The normalized spacial score (nSPS) is 10.7. The Morgan fingerprint density at radius 3 is 2.80 bits per heavy atom. The van der Waals surface area contributed by atoms with Gasteiger partial charge in [-0.3, -0.25) is 0 Å². The van der Waals surface area contributed by atoms with Gasteiger partial charge in [0.2, 0.25) is 5.95 Å². The van der Waals surface area contributed by atoms with E-state index < -0.39 is 5.82 Å². The van der Waals surface area contributed by atoms with Gasteiger partial charge in [-0.15, -0.1) is 0 Å². The molecule has 0 atom stereocenters. The van der Waals surface area contributed by atoms with E-state index in [-0.39, 0.29) is 17.7 Å². The molecule has 0 saturated carbocycles. The highest BCUT2D eigenvalue weighted by Crippen LogP contribution is 2.26. The summed E-state index contributed by atoms with van der Waals surface area (Å²) in [6.45, 7) is 0. The van der Waals surface area contributed by atoms with Crippen LogP contribution >= 0.6 is 11.6 Å². The van der Waals surface area contributed by atoms with Crippen LogP contribution in [0.25, 0.3) is 17.3 Å². The van der Waals surface area contributed by atoms with Crippen LogP contribution in [0.15, 0.2) is 36.7 Å². The molecule has 100 valence electrons. The lowest BCUT2D eigenvalue weighted by Gasteiger charge is -2.06. The molecule has 0 unspecified atom stereocenters. The van der Waals surface area contributed by atoms with Crippen molar-refractivity contribution in [2.45, 2.75) is 0 Å². The SMILES string of the molecule is Nc1nc(-c2cc(F)ccc2Cl)nc(-n2cccn2)n1. The van der Waals surface area contributed by atoms with Crippen LogP contribution < -0.4 is 5.73 Å². The van der Waals surface area contributed by atoms with Crippen LogP contribution in [0.1, 0.15) is 0 Å². The zero-order valence-electron chi connectivity index (χ0n) is 10.0. The Morgan fingerprint density at radius 1 is 1.20 bits per heavy atom. The predicted molar refractivity (Wildman–Crippen MR) is 71.8 cm³/mol. The highest BCUT2D eigenvalue weighted by Gasteiger charge is 2.12. The first-order valence-corrected chi connectivity index (χ1v) is 5.98. The van der Waals surface area contributed by atoms with Crippen molar-refractivity contribution in [3.63, 3.8) is 0 Å². The molecular formula is C12H8ClFN6. The Hall–Kier alpha value is -2.54. The minimum atomic E-state index is -0.441. The summed E-state index contributed by atoms with van der Waals surface area (Å²) in [5.41, 5.74) is 5.99. The molecule has 0 radical (unpaired) electrons. The number of benzene rings is 1. The molecule has 1 aromatic carbocycles. The summed E-state index contributed by atoms with van der Waals surface area (Å²) in [7, 11) is 0. The van der Waals surface area contributed by atoms with Gasteiger partial charge < -0.3 is 5.73 Å². The molecule has 2 aromatic heterocycles. The van der Waals surface area contributed by atoms with Crippen molar-refractivity contribution in [3.05, 3.63) is 47.5 Å². The maximum Gasteiger partial charge on any atom is 0.255 e. The van der Waals surface area contributed by atoms with E-state index in [1.807, 2.05) is 0 Å². The summed E-state index contributed by atoms with van der Waals surface area (Å²) in [5.74, 6) is -0.0184. The predicted octanol–water partition coefficient (Wildman–Crippen LogP) is 2.10. The minimum absolute atomic E-state index is 0.000767. The molecule has 3 rings (SSSR count). The standard InChI is InChI=1S/C12H8ClFN6/c13-9-3-2-7(14)6-8(9)10-17-11(15)19-12(18-10)20-5-1-4-16-20/h1-6H,(H2,15,17,18,19). The molecule has 6 nitrogen and oxygen atoms in total. The van der Waals surface area contributed by atoms with Crippen molar-refractivity contribution in [1.29, 1.82) is 0 Å². The smallest absolute Gasteiger partial charge is 0.255 e. The fraction of sp³-hybridized carbons (Fsp3) is 0. The maximum atomic E-state index is 13.3. The van der Waals surface area contributed by atoms with Crippen LogP contribution in [-0.4, -0.2) is 24.7 Å². The zero-order valence-corrected chi connectivity index (χ0v) is 10.8. The summed E-state index contributed by atoms with van der Waals surface area (Å²) in [6.07, 6.45) is 3.24. The zero-order chi connectivity index (χ0) is 14.1. The number of nitrogens with zero attached hydrogens (tertiary/aromatic N) is 5. The number of hydrogen-bond acceptors (Lipinski definition) is 5. The summed E-state index contributed by atoms with van der Waals surface area (Å²) < 4.78 is 14.8. The molecule has 0 aliphatic rings. The highest BCUT2D eigenvalue weighted by atomic mass is 35.5. The summed E-state index contributed by atoms with van der Waals surface area (Å²) >= 11 is 6.03. The van der Waals surface area contributed by atoms with E-state index in [1.54, 1.807) is 18.5 Å². The van der Waals surface area contributed by atoms with Gasteiger partial charge in [0.05, 0.1) is 5.02 Å². The molecule has 3 aromatic rings. The van der Waals surface area contributed by atoms with Crippen LogP contribution in [-0.2, 0) is 0 Å².